The first kappa shape index (κ1) is 29.0. The number of Topliss-reactive ketones (excluding diaryl/α,β-unsaturated/α-hetero) is 1. The van der Waals surface area contributed by atoms with Gasteiger partial charge in [0, 0.05) is 12.6 Å². The first-order chi connectivity index (χ1) is 20.3. The number of aliphatic hydroxyl groups is 1. The van der Waals surface area contributed by atoms with Crippen molar-refractivity contribution in [3.05, 3.63) is 128 Å². The summed E-state index contributed by atoms with van der Waals surface area (Å²) in [6, 6.07) is 24.8. The Hall–Kier alpha value is -4.51. The molecule has 1 aliphatic heterocycles. The molecule has 0 unspecified atom stereocenters. The molecule has 2 heterocycles. The van der Waals surface area contributed by atoms with E-state index in [1.54, 1.807) is 14.2 Å². The Labute approximate surface area is 242 Å². The quantitative estimate of drug-likeness (QED) is 0.219. The van der Waals surface area contributed by atoms with Crippen LogP contribution >= 0.6 is 0 Å². The highest BCUT2D eigenvalue weighted by Crippen LogP contribution is 2.42. The highest BCUT2D eigenvalue weighted by Gasteiger charge is 2.42. The third-order valence-electron chi connectivity index (χ3n) is 7.50. The van der Waals surface area contributed by atoms with Crippen molar-refractivity contribution in [3.8, 4) is 11.5 Å². The number of rotatable bonds is 10. The van der Waals surface area contributed by atoms with Crippen LogP contribution in [0.3, 0.4) is 0 Å². The molecule has 0 aliphatic carbocycles. The number of aliphatic hydroxyl groups excluding tert-OH is 1. The van der Waals surface area contributed by atoms with E-state index in [-0.39, 0.29) is 18.6 Å². The van der Waals surface area contributed by atoms with Crippen LogP contribution in [0.15, 0.2) is 94.6 Å². The molecule has 1 saturated heterocycles. The molecule has 0 saturated carbocycles. The fraction of sp³-hybridized carbons (Fsp3) is 0.281. The summed E-state index contributed by atoms with van der Waals surface area (Å²) in [5.74, 6) is 0.878. The van der Waals surface area contributed by atoms with E-state index >= 15 is 0 Å². The van der Waals surface area contributed by atoms with Gasteiger partial charge in [-0.3, -0.25) is 19.1 Å². The second kappa shape index (κ2) is 12.2. The van der Waals surface area contributed by atoms with Gasteiger partial charge in [-0.25, -0.2) is 4.79 Å². The molecule has 10 heteroatoms. The Morgan fingerprint density at radius 2 is 1.48 bits per heavy atom. The number of H-pyrrole nitrogens is 1. The Balaban J connectivity index is 1.53. The molecule has 3 atom stereocenters. The number of carbonyl (C=O) groups excluding carboxylic acids is 1. The lowest BCUT2D eigenvalue weighted by molar-refractivity contribution is -0.0944. The molecule has 3 aromatic carbocycles. The van der Waals surface area contributed by atoms with E-state index < -0.39 is 41.1 Å². The first-order valence-corrected chi connectivity index (χ1v) is 13.4. The highest BCUT2D eigenvalue weighted by molar-refractivity contribution is 5.93. The van der Waals surface area contributed by atoms with Gasteiger partial charge in [0.05, 0.1) is 32.5 Å². The molecule has 1 aliphatic rings. The average molecular weight is 573 g/mol. The van der Waals surface area contributed by atoms with Crippen molar-refractivity contribution in [2.24, 2.45) is 0 Å². The molecule has 1 aromatic heterocycles. The van der Waals surface area contributed by atoms with Crippen LogP contribution in [-0.4, -0.2) is 53.5 Å². The second-order valence-electron chi connectivity index (χ2n) is 10.0. The zero-order valence-electron chi connectivity index (χ0n) is 23.5. The van der Waals surface area contributed by atoms with Gasteiger partial charge in [-0.1, -0.05) is 54.6 Å². The van der Waals surface area contributed by atoms with Crippen molar-refractivity contribution in [3.63, 3.8) is 0 Å². The lowest BCUT2D eigenvalue weighted by Gasteiger charge is -2.37. The summed E-state index contributed by atoms with van der Waals surface area (Å²) in [4.78, 5) is 38.7. The van der Waals surface area contributed by atoms with Crippen molar-refractivity contribution in [2.45, 2.75) is 37.4 Å². The van der Waals surface area contributed by atoms with Crippen LogP contribution in [0.2, 0.25) is 0 Å². The van der Waals surface area contributed by atoms with Crippen LogP contribution < -0.4 is 20.7 Å². The van der Waals surface area contributed by atoms with E-state index in [9.17, 15) is 19.5 Å². The number of aromatic nitrogens is 2. The van der Waals surface area contributed by atoms with Gasteiger partial charge >= 0.3 is 5.69 Å². The Kier molecular flexibility index (Phi) is 8.39. The van der Waals surface area contributed by atoms with Gasteiger partial charge in [0.1, 0.15) is 29.4 Å². The molecule has 5 rings (SSSR count). The fourth-order valence-electron chi connectivity index (χ4n) is 5.27. The van der Waals surface area contributed by atoms with E-state index in [1.807, 2.05) is 78.9 Å². The summed E-state index contributed by atoms with van der Waals surface area (Å²) >= 11 is 0. The maximum absolute atomic E-state index is 12.6. The van der Waals surface area contributed by atoms with Crippen LogP contribution in [-0.2, 0) is 15.1 Å². The highest BCUT2D eigenvalue weighted by atomic mass is 16.6. The number of ketones is 1. The molecular formula is C32H32N2O8. The molecule has 10 nitrogen and oxygen atoms in total. The van der Waals surface area contributed by atoms with Gasteiger partial charge in [0.15, 0.2) is 5.78 Å². The number of nitrogens with zero attached hydrogens (tertiary/aromatic N) is 1. The van der Waals surface area contributed by atoms with E-state index in [2.05, 4.69) is 4.98 Å². The third kappa shape index (κ3) is 5.52. The molecule has 0 bridgehead atoms. The molecule has 1 fully saturated rings. The summed E-state index contributed by atoms with van der Waals surface area (Å²) in [5, 5.41) is 11.0. The normalized spacial score (nSPS) is 18.5. The monoisotopic (exact) mass is 572 g/mol. The predicted molar refractivity (Wildman–Crippen MR) is 154 cm³/mol. The molecule has 0 radical (unpaired) electrons. The van der Waals surface area contributed by atoms with Crippen LogP contribution in [0.4, 0.5) is 0 Å². The van der Waals surface area contributed by atoms with Crippen molar-refractivity contribution >= 4 is 5.78 Å². The topological polar surface area (TPSA) is 129 Å². The minimum Gasteiger partial charge on any atom is -0.497 e. The van der Waals surface area contributed by atoms with E-state index in [0.717, 1.165) is 21.3 Å². The molecular weight excluding hydrogens is 540 g/mol. The fourth-order valence-corrected chi connectivity index (χ4v) is 5.27. The predicted octanol–water partition coefficient (Wildman–Crippen LogP) is 3.41. The Morgan fingerprint density at radius 1 is 0.929 bits per heavy atom. The summed E-state index contributed by atoms with van der Waals surface area (Å²) in [7, 11) is 3.20. The summed E-state index contributed by atoms with van der Waals surface area (Å²) in [6.07, 6.45) is -1.50. The lowest BCUT2D eigenvalue weighted by Crippen LogP contribution is -2.38. The van der Waals surface area contributed by atoms with E-state index in [1.165, 1.54) is 13.1 Å². The summed E-state index contributed by atoms with van der Waals surface area (Å²) in [6.45, 7) is 1.18. The van der Waals surface area contributed by atoms with Gasteiger partial charge in [0.2, 0.25) is 0 Å². The lowest BCUT2D eigenvalue weighted by atomic mass is 9.80. The molecule has 218 valence electrons. The van der Waals surface area contributed by atoms with Crippen LogP contribution in [0, 0.1) is 0 Å². The van der Waals surface area contributed by atoms with Crippen LogP contribution in [0.1, 0.15) is 46.6 Å². The number of ether oxygens (including phenoxy) is 4. The van der Waals surface area contributed by atoms with Crippen LogP contribution in [0.5, 0.6) is 11.5 Å². The minimum atomic E-state index is -1.13. The maximum Gasteiger partial charge on any atom is 0.330 e. The summed E-state index contributed by atoms with van der Waals surface area (Å²) < 4.78 is 24.8. The van der Waals surface area contributed by atoms with Gasteiger partial charge in [-0.05, 0) is 47.9 Å². The largest absolute Gasteiger partial charge is 0.497 e. The number of hydrogen-bond acceptors (Lipinski definition) is 8. The van der Waals surface area contributed by atoms with E-state index in [4.69, 9.17) is 18.9 Å². The minimum absolute atomic E-state index is 0.0533. The van der Waals surface area contributed by atoms with Crippen molar-refractivity contribution in [1.82, 2.24) is 9.55 Å². The molecule has 42 heavy (non-hydrogen) atoms. The number of nitrogens with one attached hydrogen (secondary N) is 1. The maximum atomic E-state index is 12.6. The number of carbonyl (C=O) groups is 1. The molecule has 4 aromatic rings. The smallest absolute Gasteiger partial charge is 0.330 e. The standard InChI is InChI=1S/C32H32N2O8/c1-20(35)26-18-34(31(38)33-30(26)37)29-17-27(36)28(42-29)19-41-32(21-7-5-4-6-8-21,22-9-13-24(39-2)14-10-22)23-11-15-25(40-3)16-12-23/h4-16,18,27-29,36H,17,19H2,1-3H3,(H,33,37,38)/t27-,28+,29+/m0/s1. The zero-order chi connectivity index (χ0) is 29.9. The van der Waals surface area contributed by atoms with Crippen molar-refractivity contribution in [2.75, 3.05) is 20.8 Å². The number of methoxy groups -OCH3 is 2. The first-order valence-electron chi connectivity index (χ1n) is 13.4. The molecule has 2 N–H and O–H groups in total. The van der Waals surface area contributed by atoms with Gasteiger partial charge in [-0.15, -0.1) is 0 Å². The van der Waals surface area contributed by atoms with Gasteiger partial charge in [0.25, 0.3) is 5.56 Å². The van der Waals surface area contributed by atoms with Crippen molar-refractivity contribution in [1.29, 1.82) is 0 Å². The molecule has 0 amide bonds. The van der Waals surface area contributed by atoms with Crippen molar-refractivity contribution < 1.29 is 28.8 Å². The zero-order valence-corrected chi connectivity index (χ0v) is 23.5. The second-order valence-corrected chi connectivity index (χ2v) is 10.0. The van der Waals surface area contributed by atoms with Crippen LogP contribution in [0.25, 0.3) is 0 Å². The summed E-state index contributed by atoms with van der Waals surface area (Å²) in [5.41, 5.74) is -0.342. The Bertz CT molecular complexity index is 1600. The van der Waals surface area contributed by atoms with E-state index in [0.29, 0.717) is 11.5 Å². The SMILES string of the molecule is COc1ccc(C(OC[C@H]2O[C@@H](n3cc(C(C)=O)c(=O)[nH]c3=O)C[C@@H]2O)(c2ccccc2)c2ccc(OC)cc2)cc1. The number of hydrogen-bond donors (Lipinski definition) is 2. The van der Waals surface area contributed by atoms with Gasteiger partial charge < -0.3 is 24.1 Å². The van der Waals surface area contributed by atoms with Gasteiger partial charge in [-0.2, -0.15) is 0 Å². The number of aromatic amines is 1. The average Bonchev–Trinajstić information content (AvgIpc) is 3.38. The third-order valence-corrected chi connectivity index (χ3v) is 7.50. The molecule has 0 spiro atoms. The number of benzene rings is 3. The Morgan fingerprint density at radius 3 is 2.00 bits per heavy atom.